The van der Waals surface area contributed by atoms with Crippen LogP contribution in [0.25, 0.3) is 0 Å². The zero-order chi connectivity index (χ0) is 26.6. The lowest BCUT2D eigenvalue weighted by Gasteiger charge is -2.28. The number of thioether (sulfide) groups is 1. The lowest BCUT2D eigenvalue weighted by molar-refractivity contribution is -0.140. The van der Waals surface area contributed by atoms with Crippen LogP contribution in [0.3, 0.4) is 0 Å². The van der Waals surface area contributed by atoms with Crippen molar-refractivity contribution in [2.75, 3.05) is 5.32 Å². The van der Waals surface area contributed by atoms with E-state index in [-0.39, 0.29) is 18.0 Å². The van der Waals surface area contributed by atoms with Gasteiger partial charge in [0.1, 0.15) is 18.5 Å². The largest absolute Gasteiger partial charge is 0.478 e. The van der Waals surface area contributed by atoms with Crippen LogP contribution in [-0.4, -0.2) is 31.8 Å². The number of hydrogen-bond acceptors (Lipinski definition) is 7. The molecular weight excluding hydrogens is 507 g/mol. The number of nitrogens with one attached hydrogen (secondary N) is 1. The lowest BCUT2D eigenvalue weighted by atomic mass is 9.95. The number of carboxylic acids is 1. The average molecular weight is 531 g/mol. The summed E-state index contributed by atoms with van der Waals surface area (Å²) in [6, 6.07) is 21.4. The summed E-state index contributed by atoms with van der Waals surface area (Å²) in [6.45, 7) is 1.84. The molecule has 1 aliphatic heterocycles. The number of rotatable bonds is 8. The van der Waals surface area contributed by atoms with E-state index in [1.54, 1.807) is 41.9 Å². The summed E-state index contributed by atoms with van der Waals surface area (Å²) in [7, 11) is 0. The molecule has 0 amide bonds. The van der Waals surface area contributed by atoms with Gasteiger partial charge in [-0.2, -0.15) is 4.98 Å². The molecule has 0 radical (unpaired) electrons. The standard InChI is InChI=1S/C28H23FN4O4S/c1-17-23(26(36)37-15-18-7-3-2-4-8-18)24(19-11-13-20(14-12-19)25(34)35)33-27(30-17)31-28(32-33)38-16-21-9-5-6-10-22(21)29/h2-14,24H,15-16H2,1H3,(H,34,35)(H,30,31,32). The Morgan fingerprint density at radius 2 is 1.76 bits per heavy atom. The molecule has 0 fully saturated rings. The van der Waals surface area contributed by atoms with Gasteiger partial charge in [-0.1, -0.05) is 72.4 Å². The summed E-state index contributed by atoms with van der Waals surface area (Å²) >= 11 is 1.27. The van der Waals surface area contributed by atoms with E-state index >= 15 is 0 Å². The summed E-state index contributed by atoms with van der Waals surface area (Å²) in [6.07, 6.45) is 0. The number of carbonyl (C=O) groups is 2. The Bertz CT molecular complexity index is 1520. The van der Waals surface area contributed by atoms with E-state index in [4.69, 9.17) is 4.74 Å². The van der Waals surface area contributed by atoms with E-state index in [0.717, 1.165) is 5.56 Å². The maximum absolute atomic E-state index is 14.1. The van der Waals surface area contributed by atoms with Crippen LogP contribution in [0.15, 0.2) is 95.3 Å². The molecule has 0 bridgehead atoms. The lowest BCUT2D eigenvalue weighted by Crippen LogP contribution is -2.29. The number of fused-ring (bicyclic) bond motifs is 1. The Hall–Kier alpha value is -4.44. The van der Waals surface area contributed by atoms with E-state index < -0.39 is 18.0 Å². The second-order valence-corrected chi connectivity index (χ2v) is 9.54. The number of aromatic nitrogens is 3. The molecule has 1 aliphatic rings. The summed E-state index contributed by atoms with van der Waals surface area (Å²) in [5.41, 5.74) is 3.00. The third-order valence-corrected chi connectivity index (χ3v) is 6.94. The van der Waals surface area contributed by atoms with Gasteiger partial charge in [0.05, 0.1) is 11.1 Å². The number of anilines is 1. The van der Waals surface area contributed by atoms with Gasteiger partial charge in [-0.3, -0.25) is 0 Å². The van der Waals surface area contributed by atoms with E-state index in [9.17, 15) is 19.1 Å². The van der Waals surface area contributed by atoms with Gasteiger partial charge < -0.3 is 15.2 Å². The summed E-state index contributed by atoms with van der Waals surface area (Å²) in [4.78, 5) is 29.3. The van der Waals surface area contributed by atoms with Gasteiger partial charge in [-0.25, -0.2) is 18.7 Å². The fourth-order valence-corrected chi connectivity index (χ4v) is 4.95. The Morgan fingerprint density at radius 3 is 2.47 bits per heavy atom. The van der Waals surface area contributed by atoms with E-state index in [1.807, 2.05) is 30.3 Å². The van der Waals surface area contributed by atoms with Gasteiger partial charge >= 0.3 is 11.9 Å². The number of carboxylic acid groups (broad SMARTS) is 1. The van der Waals surface area contributed by atoms with Crippen molar-refractivity contribution in [3.63, 3.8) is 0 Å². The number of benzene rings is 3. The van der Waals surface area contributed by atoms with Crippen molar-refractivity contribution >= 4 is 29.6 Å². The number of hydrogen-bond donors (Lipinski definition) is 2. The maximum Gasteiger partial charge on any atom is 0.338 e. The minimum atomic E-state index is -1.05. The van der Waals surface area contributed by atoms with E-state index in [1.165, 1.54) is 30.0 Å². The molecule has 2 heterocycles. The van der Waals surface area contributed by atoms with Crippen LogP contribution in [0, 0.1) is 5.82 Å². The number of halogens is 1. The Morgan fingerprint density at radius 1 is 1.05 bits per heavy atom. The molecule has 38 heavy (non-hydrogen) atoms. The van der Waals surface area contributed by atoms with Gasteiger partial charge in [-0.05, 0) is 41.8 Å². The third kappa shape index (κ3) is 5.30. The fraction of sp³-hybridized carbons (Fsp3) is 0.143. The predicted molar refractivity (Wildman–Crippen MR) is 140 cm³/mol. The highest BCUT2D eigenvalue weighted by Gasteiger charge is 2.35. The number of ether oxygens (including phenoxy) is 1. The van der Waals surface area contributed by atoms with E-state index in [0.29, 0.717) is 39.3 Å². The zero-order valence-corrected chi connectivity index (χ0v) is 21.1. The Labute approximate surface area is 222 Å². The molecule has 0 aliphatic carbocycles. The monoisotopic (exact) mass is 530 g/mol. The number of allylic oxidation sites excluding steroid dienone is 1. The molecule has 2 N–H and O–H groups in total. The first-order valence-corrected chi connectivity index (χ1v) is 12.7. The van der Waals surface area contributed by atoms with E-state index in [2.05, 4.69) is 15.4 Å². The molecule has 5 rings (SSSR count). The fourth-order valence-electron chi connectivity index (χ4n) is 4.13. The highest BCUT2D eigenvalue weighted by molar-refractivity contribution is 7.98. The van der Waals surface area contributed by atoms with Crippen molar-refractivity contribution in [3.05, 3.63) is 118 Å². The first-order chi connectivity index (χ1) is 18.4. The zero-order valence-electron chi connectivity index (χ0n) is 20.3. The van der Waals surface area contributed by atoms with Crippen molar-refractivity contribution in [1.29, 1.82) is 0 Å². The van der Waals surface area contributed by atoms with Crippen LogP contribution in [0.2, 0.25) is 0 Å². The average Bonchev–Trinajstić information content (AvgIpc) is 3.33. The quantitative estimate of drug-likeness (QED) is 0.229. The van der Waals surface area contributed by atoms with Gasteiger partial charge in [-0.15, -0.1) is 5.10 Å². The molecule has 10 heteroatoms. The number of nitrogens with zero attached hydrogens (tertiary/aromatic N) is 3. The molecule has 1 unspecified atom stereocenters. The highest BCUT2D eigenvalue weighted by atomic mass is 32.2. The van der Waals surface area contributed by atoms with Crippen molar-refractivity contribution in [3.8, 4) is 0 Å². The molecule has 1 aromatic heterocycles. The second-order valence-electron chi connectivity index (χ2n) is 8.60. The summed E-state index contributed by atoms with van der Waals surface area (Å²) in [5.74, 6) is -1.16. The van der Waals surface area contributed by atoms with Crippen molar-refractivity contribution in [2.24, 2.45) is 0 Å². The molecule has 0 saturated heterocycles. The number of carbonyl (C=O) groups excluding carboxylic acids is 1. The van der Waals surface area contributed by atoms with Crippen molar-refractivity contribution in [1.82, 2.24) is 14.8 Å². The molecular formula is C28H23FN4O4S. The molecule has 3 aromatic carbocycles. The van der Waals surface area contributed by atoms with Crippen LogP contribution in [0.5, 0.6) is 0 Å². The highest BCUT2D eigenvalue weighted by Crippen LogP contribution is 2.37. The van der Waals surface area contributed by atoms with Crippen molar-refractivity contribution in [2.45, 2.75) is 30.5 Å². The first kappa shape index (κ1) is 25.2. The Kier molecular flexibility index (Phi) is 7.23. The van der Waals surface area contributed by atoms with Gasteiger partial charge in [0.2, 0.25) is 11.1 Å². The number of esters is 1. The molecule has 0 saturated carbocycles. The minimum Gasteiger partial charge on any atom is -0.478 e. The predicted octanol–water partition coefficient (Wildman–Crippen LogP) is 5.44. The van der Waals surface area contributed by atoms with Crippen LogP contribution < -0.4 is 5.32 Å². The Balaban J connectivity index is 1.47. The third-order valence-electron chi connectivity index (χ3n) is 6.05. The summed E-state index contributed by atoms with van der Waals surface area (Å²) in [5, 5.41) is 17.5. The summed E-state index contributed by atoms with van der Waals surface area (Å²) < 4.78 is 21.3. The van der Waals surface area contributed by atoms with Gasteiger partial charge in [0.25, 0.3) is 0 Å². The topological polar surface area (TPSA) is 106 Å². The van der Waals surface area contributed by atoms with Crippen molar-refractivity contribution < 1.29 is 23.8 Å². The molecule has 1 atom stereocenters. The first-order valence-electron chi connectivity index (χ1n) is 11.8. The minimum absolute atomic E-state index is 0.0923. The smallest absolute Gasteiger partial charge is 0.338 e. The molecule has 192 valence electrons. The van der Waals surface area contributed by atoms with Gasteiger partial charge in [0.15, 0.2) is 0 Å². The van der Waals surface area contributed by atoms with Crippen LogP contribution >= 0.6 is 11.8 Å². The van der Waals surface area contributed by atoms with Crippen LogP contribution in [0.1, 0.15) is 40.0 Å². The second kappa shape index (κ2) is 10.9. The van der Waals surface area contributed by atoms with Crippen LogP contribution in [-0.2, 0) is 21.9 Å². The SMILES string of the molecule is CC1=C(C(=O)OCc2ccccc2)C(c2ccc(C(=O)O)cc2)n2nc(SCc3ccccc3F)nc2N1. The molecule has 8 nitrogen and oxygen atoms in total. The van der Waals surface area contributed by atoms with Crippen LogP contribution in [0.4, 0.5) is 10.3 Å². The molecule has 4 aromatic rings. The normalized spacial score (nSPS) is 14.5. The molecule has 0 spiro atoms. The maximum atomic E-state index is 14.1. The van der Waals surface area contributed by atoms with Gasteiger partial charge in [0, 0.05) is 11.4 Å². The number of aromatic carboxylic acids is 1.